The van der Waals surface area contributed by atoms with Crippen LogP contribution >= 0.6 is 0 Å². The number of hydrogen-bond acceptors (Lipinski definition) is 4. The topological polar surface area (TPSA) is 73.6 Å². The number of hydrogen-bond donors (Lipinski definition) is 2. The number of carbonyl (C=O) groups is 1. The number of carbonyl (C=O) groups excluding carboxylic acids is 1. The molecule has 1 aliphatic carbocycles. The SMILES string of the molecule is COC1CC(NC(=O)COc2ccc(CN)cc2)C1. The fraction of sp³-hybridized carbons (Fsp3) is 0.500. The van der Waals surface area contributed by atoms with E-state index in [1.165, 1.54) is 0 Å². The highest BCUT2D eigenvalue weighted by Gasteiger charge is 2.29. The van der Waals surface area contributed by atoms with Gasteiger partial charge in [-0.15, -0.1) is 0 Å². The van der Waals surface area contributed by atoms with E-state index in [1.54, 1.807) is 7.11 Å². The maximum absolute atomic E-state index is 11.6. The van der Waals surface area contributed by atoms with Gasteiger partial charge in [0.25, 0.3) is 5.91 Å². The van der Waals surface area contributed by atoms with E-state index in [4.69, 9.17) is 15.2 Å². The lowest BCUT2D eigenvalue weighted by molar-refractivity contribution is -0.125. The standard InChI is InChI=1S/C14H20N2O3/c1-18-13-6-11(7-13)16-14(17)9-19-12-4-2-10(8-15)3-5-12/h2-5,11,13H,6-9,15H2,1H3,(H,16,17). The zero-order valence-corrected chi connectivity index (χ0v) is 11.1. The van der Waals surface area contributed by atoms with Crippen molar-refractivity contribution in [3.8, 4) is 5.75 Å². The zero-order valence-electron chi connectivity index (χ0n) is 11.1. The van der Waals surface area contributed by atoms with Crippen molar-refractivity contribution in [2.75, 3.05) is 13.7 Å². The first-order valence-electron chi connectivity index (χ1n) is 6.45. The Morgan fingerprint density at radius 2 is 2.05 bits per heavy atom. The number of amides is 1. The van der Waals surface area contributed by atoms with Crippen LogP contribution in [0.25, 0.3) is 0 Å². The molecule has 0 heterocycles. The molecule has 5 nitrogen and oxygen atoms in total. The summed E-state index contributed by atoms with van der Waals surface area (Å²) in [6, 6.07) is 7.64. The van der Waals surface area contributed by atoms with Crippen molar-refractivity contribution >= 4 is 5.91 Å². The summed E-state index contributed by atoms with van der Waals surface area (Å²) in [6.45, 7) is 0.541. The summed E-state index contributed by atoms with van der Waals surface area (Å²) in [5.74, 6) is 0.582. The van der Waals surface area contributed by atoms with Gasteiger partial charge in [0.15, 0.2) is 6.61 Å². The zero-order chi connectivity index (χ0) is 13.7. The minimum absolute atomic E-state index is 0.0378. The highest BCUT2D eigenvalue weighted by atomic mass is 16.5. The molecule has 1 aromatic carbocycles. The van der Waals surface area contributed by atoms with Crippen molar-refractivity contribution in [2.45, 2.75) is 31.5 Å². The molecule has 2 rings (SSSR count). The van der Waals surface area contributed by atoms with E-state index in [0.717, 1.165) is 18.4 Å². The lowest BCUT2D eigenvalue weighted by Gasteiger charge is -2.34. The van der Waals surface area contributed by atoms with E-state index < -0.39 is 0 Å². The van der Waals surface area contributed by atoms with Gasteiger partial charge in [-0.3, -0.25) is 4.79 Å². The van der Waals surface area contributed by atoms with Crippen LogP contribution in [0.3, 0.4) is 0 Å². The smallest absolute Gasteiger partial charge is 0.258 e. The Morgan fingerprint density at radius 1 is 1.37 bits per heavy atom. The second-order valence-corrected chi connectivity index (χ2v) is 4.73. The number of rotatable bonds is 6. The highest BCUT2D eigenvalue weighted by molar-refractivity contribution is 5.78. The maximum Gasteiger partial charge on any atom is 0.258 e. The van der Waals surface area contributed by atoms with E-state index in [-0.39, 0.29) is 24.7 Å². The molecule has 0 spiro atoms. The van der Waals surface area contributed by atoms with Gasteiger partial charge in [0, 0.05) is 19.7 Å². The Kier molecular flexibility index (Phi) is 4.76. The average molecular weight is 264 g/mol. The van der Waals surface area contributed by atoms with Crippen LogP contribution in [0.2, 0.25) is 0 Å². The summed E-state index contributed by atoms with van der Waals surface area (Å²) in [7, 11) is 1.69. The minimum Gasteiger partial charge on any atom is -0.484 e. The van der Waals surface area contributed by atoms with Crippen LogP contribution in [0.1, 0.15) is 18.4 Å². The summed E-state index contributed by atoms with van der Waals surface area (Å²) in [5.41, 5.74) is 6.54. The van der Waals surface area contributed by atoms with E-state index in [0.29, 0.717) is 12.3 Å². The number of methoxy groups -OCH3 is 1. The molecule has 1 amide bonds. The van der Waals surface area contributed by atoms with Gasteiger partial charge in [0.1, 0.15) is 5.75 Å². The molecule has 0 unspecified atom stereocenters. The summed E-state index contributed by atoms with van der Waals surface area (Å²) < 4.78 is 10.6. The molecular formula is C14H20N2O3. The summed E-state index contributed by atoms with van der Waals surface area (Å²) in [5, 5.41) is 2.91. The van der Waals surface area contributed by atoms with Crippen LogP contribution in [-0.4, -0.2) is 31.8 Å². The summed E-state index contributed by atoms with van der Waals surface area (Å²) in [4.78, 5) is 11.6. The highest BCUT2D eigenvalue weighted by Crippen LogP contribution is 2.22. The Hall–Kier alpha value is -1.59. The lowest BCUT2D eigenvalue weighted by Crippen LogP contribution is -2.48. The average Bonchev–Trinajstić information content (AvgIpc) is 2.40. The Morgan fingerprint density at radius 3 is 2.63 bits per heavy atom. The molecule has 0 aliphatic heterocycles. The van der Waals surface area contributed by atoms with Gasteiger partial charge in [-0.25, -0.2) is 0 Å². The van der Waals surface area contributed by atoms with Crippen LogP contribution < -0.4 is 15.8 Å². The van der Waals surface area contributed by atoms with E-state index in [1.807, 2.05) is 24.3 Å². The van der Waals surface area contributed by atoms with Gasteiger partial charge in [0.2, 0.25) is 0 Å². The van der Waals surface area contributed by atoms with Gasteiger partial charge >= 0.3 is 0 Å². The molecule has 5 heteroatoms. The molecule has 0 bridgehead atoms. The molecular weight excluding hydrogens is 244 g/mol. The monoisotopic (exact) mass is 264 g/mol. The Balaban J connectivity index is 1.68. The predicted octanol–water partition coefficient (Wildman–Crippen LogP) is 0.818. The van der Waals surface area contributed by atoms with Crippen molar-refractivity contribution in [2.24, 2.45) is 5.73 Å². The molecule has 3 N–H and O–H groups in total. The maximum atomic E-state index is 11.6. The number of nitrogens with one attached hydrogen (secondary N) is 1. The third-order valence-corrected chi connectivity index (χ3v) is 3.32. The molecule has 1 fully saturated rings. The third-order valence-electron chi connectivity index (χ3n) is 3.32. The van der Waals surface area contributed by atoms with Crippen molar-refractivity contribution in [3.63, 3.8) is 0 Å². The fourth-order valence-corrected chi connectivity index (χ4v) is 2.02. The molecule has 19 heavy (non-hydrogen) atoms. The van der Waals surface area contributed by atoms with Gasteiger partial charge < -0.3 is 20.5 Å². The van der Waals surface area contributed by atoms with Crippen molar-refractivity contribution in [1.29, 1.82) is 0 Å². The molecule has 0 aromatic heterocycles. The molecule has 104 valence electrons. The lowest BCUT2D eigenvalue weighted by atomic mass is 9.89. The number of ether oxygens (including phenoxy) is 2. The van der Waals surface area contributed by atoms with Gasteiger partial charge in [0.05, 0.1) is 6.10 Å². The van der Waals surface area contributed by atoms with Crippen LogP contribution in [0.15, 0.2) is 24.3 Å². The van der Waals surface area contributed by atoms with Crippen LogP contribution in [0, 0.1) is 0 Å². The summed E-state index contributed by atoms with van der Waals surface area (Å²) >= 11 is 0. The second-order valence-electron chi connectivity index (χ2n) is 4.73. The molecule has 1 saturated carbocycles. The fourth-order valence-electron chi connectivity index (χ4n) is 2.02. The predicted molar refractivity (Wildman–Crippen MR) is 71.8 cm³/mol. The molecule has 0 saturated heterocycles. The van der Waals surface area contributed by atoms with Crippen LogP contribution in [0.4, 0.5) is 0 Å². The van der Waals surface area contributed by atoms with Gasteiger partial charge in [-0.05, 0) is 30.5 Å². The molecule has 1 aliphatic rings. The van der Waals surface area contributed by atoms with Crippen molar-refractivity contribution in [3.05, 3.63) is 29.8 Å². The molecule has 0 atom stereocenters. The van der Waals surface area contributed by atoms with Crippen molar-refractivity contribution < 1.29 is 14.3 Å². The Labute approximate surface area is 113 Å². The largest absolute Gasteiger partial charge is 0.484 e. The van der Waals surface area contributed by atoms with Crippen LogP contribution in [0.5, 0.6) is 5.75 Å². The van der Waals surface area contributed by atoms with Gasteiger partial charge in [-0.1, -0.05) is 12.1 Å². The van der Waals surface area contributed by atoms with Gasteiger partial charge in [-0.2, -0.15) is 0 Å². The third kappa shape index (κ3) is 3.94. The number of benzene rings is 1. The van der Waals surface area contributed by atoms with Crippen molar-refractivity contribution in [1.82, 2.24) is 5.32 Å². The molecule has 1 aromatic rings. The number of nitrogens with two attached hydrogens (primary N) is 1. The Bertz CT molecular complexity index is 413. The van der Waals surface area contributed by atoms with E-state index in [9.17, 15) is 4.79 Å². The first-order valence-corrected chi connectivity index (χ1v) is 6.45. The first-order chi connectivity index (χ1) is 9.21. The summed E-state index contributed by atoms with van der Waals surface area (Å²) in [6.07, 6.45) is 2.05. The van der Waals surface area contributed by atoms with Crippen LogP contribution in [-0.2, 0) is 16.1 Å². The normalized spacial score (nSPS) is 21.6. The minimum atomic E-state index is -0.0949. The quantitative estimate of drug-likeness (QED) is 0.797. The second kappa shape index (κ2) is 6.54. The van der Waals surface area contributed by atoms with E-state index >= 15 is 0 Å². The van der Waals surface area contributed by atoms with E-state index in [2.05, 4.69) is 5.32 Å². The first kappa shape index (κ1) is 13.8. The molecule has 0 radical (unpaired) electrons.